The monoisotopic (exact) mass is 273 g/mol. The Morgan fingerprint density at radius 2 is 1.65 bits per heavy atom. The molecule has 1 aromatic heterocycles. The molecule has 0 saturated carbocycles. The largest absolute Gasteiger partial charge is 0.338 e. The van der Waals surface area contributed by atoms with Crippen LogP contribution < -0.4 is 4.90 Å². The van der Waals surface area contributed by atoms with Crippen LogP contribution in [0.1, 0.15) is 10.4 Å². The second-order valence-electron chi connectivity index (χ2n) is 3.87. The van der Waals surface area contributed by atoms with E-state index in [9.17, 15) is 4.79 Å². The van der Waals surface area contributed by atoms with Crippen LogP contribution >= 0.6 is 0 Å². The van der Waals surface area contributed by atoms with Crippen molar-refractivity contribution in [2.45, 2.75) is 6.41 Å². The second kappa shape index (κ2) is 6.74. The van der Waals surface area contributed by atoms with Gasteiger partial charge in [0.15, 0.2) is 0 Å². The number of hydrogen-bond acceptors (Lipinski definition) is 5. The lowest BCUT2D eigenvalue weighted by Gasteiger charge is -2.27. The molecular formula is C14H15N3O3. The van der Waals surface area contributed by atoms with Crippen LogP contribution in [0.4, 0.5) is 5.95 Å². The van der Waals surface area contributed by atoms with E-state index in [1.54, 1.807) is 42.7 Å². The van der Waals surface area contributed by atoms with Crippen LogP contribution in [0, 0.1) is 0 Å². The number of carbonyl (C=O) groups excluding carboxylic acids is 1. The molecule has 0 atom stereocenters. The van der Waals surface area contributed by atoms with E-state index in [1.165, 1.54) is 19.1 Å². The average molecular weight is 273 g/mol. The fourth-order valence-electron chi connectivity index (χ4n) is 1.72. The highest BCUT2D eigenvalue weighted by molar-refractivity contribution is 6.05. The third kappa shape index (κ3) is 2.98. The highest BCUT2D eigenvalue weighted by Gasteiger charge is 2.28. The maximum atomic E-state index is 12.6. The van der Waals surface area contributed by atoms with Crippen molar-refractivity contribution in [3.05, 3.63) is 54.4 Å². The fourth-order valence-corrected chi connectivity index (χ4v) is 1.72. The van der Waals surface area contributed by atoms with E-state index < -0.39 is 6.41 Å². The Hall–Kier alpha value is -2.31. The molecule has 0 saturated heterocycles. The maximum Gasteiger partial charge on any atom is 0.264 e. The quantitative estimate of drug-likeness (QED) is 0.776. The Bertz CT molecular complexity index is 544. The summed E-state index contributed by atoms with van der Waals surface area (Å²) in [6, 6.07) is 10.5. The Labute approximate surface area is 117 Å². The van der Waals surface area contributed by atoms with Gasteiger partial charge in [0.25, 0.3) is 5.91 Å². The number of anilines is 1. The van der Waals surface area contributed by atoms with Crippen LogP contribution in [0.5, 0.6) is 0 Å². The van der Waals surface area contributed by atoms with Crippen LogP contribution in [0.25, 0.3) is 0 Å². The number of benzene rings is 1. The Kier molecular flexibility index (Phi) is 4.75. The summed E-state index contributed by atoms with van der Waals surface area (Å²) in [6.07, 6.45) is 2.21. The first-order chi connectivity index (χ1) is 9.77. The maximum absolute atomic E-state index is 12.6. The van der Waals surface area contributed by atoms with E-state index in [2.05, 4.69) is 9.97 Å². The Morgan fingerprint density at radius 3 is 2.20 bits per heavy atom. The first-order valence-electron chi connectivity index (χ1n) is 5.99. The molecule has 6 nitrogen and oxygen atoms in total. The molecule has 1 aromatic carbocycles. The SMILES string of the molecule is COC(OC)N(C(=O)c1ccccc1)c1ncccn1. The summed E-state index contributed by atoms with van der Waals surface area (Å²) in [7, 11) is 2.89. The average Bonchev–Trinajstić information content (AvgIpc) is 2.53. The van der Waals surface area contributed by atoms with Crippen molar-refractivity contribution < 1.29 is 14.3 Å². The number of methoxy groups -OCH3 is 2. The number of aromatic nitrogens is 2. The molecule has 0 spiro atoms. The van der Waals surface area contributed by atoms with Crippen LogP contribution in [-0.4, -0.2) is 36.5 Å². The Balaban J connectivity index is 2.39. The van der Waals surface area contributed by atoms with E-state index in [0.717, 1.165) is 0 Å². The van der Waals surface area contributed by atoms with Gasteiger partial charge in [-0.3, -0.25) is 4.79 Å². The van der Waals surface area contributed by atoms with E-state index in [1.807, 2.05) is 6.07 Å². The minimum Gasteiger partial charge on any atom is -0.338 e. The van der Waals surface area contributed by atoms with Crippen LogP contribution in [0.2, 0.25) is 0 Å². The Morgan fingerprint density at radius 1 is 1.05 bits per heavy atom. The van der Waals surface area contributed by atoms with Crippen molar-refractivity contribution in [2.24, 2.45) is 0 Å². The lowest BCUT2D eigenvalue weighted by Crippen LogP contribution is -2.44. The first-order valence-corrected chi connectivity index (χ1v) is 5.99. The zero-order chi connectivity index (χ0) is 14.4. The van der Waals surface area contributed by atoms with Gasteiger partial charge in [-0.05, 0) is 18.2 Å². The minimum atomic E-state index is -0.898. The molecule has 0 unspecified atom stereocenters. The van der Waals surface area contributed by atoms with Crippen molar-refractivity contribution in [1.82, 2.24) is 9.97 Å². The van der Waals surface area contributed by atoms with E-state index >= 15 is 0 Å². The molecule has 0 aliphatic rings. The zero-order valence-corrected chi connectivity index (χ0v) is 11.3. The van der Waals surface area contributed by atoms with Gasteiger partial charge in [0, 0.05) is 32.2 Å². The van der Waals surface area contributed by atoms with E-state index in [-0.39, 0.29) is 11.9 Å². The van der Waals surface area contributed by atoms with Crippen LogP contribution in [0.3, 0.4) is 0 Å². The van der Waals surface area contributed by atoms with Gasteiger partial charge in [-0.25, -0.2) is 14.9 Å². The van der Waals surface area contributed by atoms with Gasteiger partial charge in [-0.15, -0.1) is 0 Å². The molecule has 0 fully saturated rings. The summed E-state index contributed by atoms with van der Waals surface area (Å²) in [6.45, 7) is 0. The van der Waals surface area contributed by atoms with Crippen molar-refractivity contribution in [1.29, 1.82) is 0 Å². The molecule has 0 aliphatic carbocycles. The third-order valence-electron chi connectivity index (χ3n) is 2.62. The summed E-state index contributed by atoms with van der Waals surface area (Å²) in [5.74, 6) is -0.0828. The molecule has 0 N–H and O–H groups in total. The van der Waals surface area contributed by atoms with Crippen molar-refractivity contribution in [3.63, 3.8) is 0 Å². The van der Waals surface area contributed by atoms with Gasteiger partial charge < -0.3 is 9.47 Å². The van der Waals surface area contributed by atoms with Gasteiger partial charge in [0.05, 0.1) is 0 Å². The summed E-state index contributed by atoms with van der Waals surface area (Å²) < 4.78 is 10.3. The third-order valence-corrected chi connectivity index (χ3v) is 2.62. The predicted octanol–water partition coefficient (Wildman–Crippen LogP) is 1.70. The normalized spacial score (nSPS) is 10.6. The molecule has 6 heteroatoms. The lowest BCUT2D eigenvalue weighted by molar-refractivity contribution is -0.0980. The number of nitrogens with zero attached hydrogens (tertiary/aromatic N) is 3. The van der Waals surface area contributed by atoms with Crippen molar-refractivity contribution >= 4 is 11.9 Å². The topological polar surface area (TPSA) is 64.6 Å². The highest BCUT2D eigenvalue weighted by atomic mass is 16.7. The summed E-state index contributed by atoms with van der Waals surface area (Å²) in [5.41, 5.74) is 0.499. The molecular weight excluding hydrogens is 258 g/mol. The fraction of sp³-hybridized carbons (Fsp3) is 0.214. The summed E-state index contributed by atoms with van der Waals surface area (Å²) >= 11 is 0. The molecule has 20 heavy (non-hydrogen) atoms. The van der Waals surface area contributed by atoms with Gasteiger partial charge in [-0.1, -0.05) is 18.2 Å². The highest BCUT2D eigenvalue weighted by Crippen LogP contribution is 2.16. The summed E-state index contributed by atoms with van der Waals surface area (Å²) in [4.78, 5) is 22.0. The van der Waals surface area contributed by atoms with Crippen molar-refractivity contribution in [3.8, 4) is 0 Å². The predicted molar refractivity (Wildman–Crippen MR) is 73.1 cm³/mol. The molecule has 0 radical (unpaired) electrons. The zero-order valence-electron chi connectivity index (χ0n) is 11.3. The number of rotatable bonds is 5. The number of amides is 1. The van der Waals surface area contributed by atoms with Crippen LogP contribution in [0.15, 0.2) is 48.8 Å². The standard InChI is InChI=1S/C14H15N3O3/c1-19-14(20-2)17(13-15-9-6-10-16-13)12(18)11-7-4-3-5-8-11/h3-10,14H,1-2H3. The van der Waals surface area contributed by atoms with Gasteiger partial charge >= 0.3 is 0 Å². The smallest absolute Gasteiger partial charge is 0.264 e. The molecule has 1 amide bonds. The van der Waals surface area contributed by atoms with Gasteiger partial charge in [-0.2, -0.15) is 0 Å². The van der Waals surface area contributed by atoms with Gasteiger partial charge in [0.1, 0.15) is 0 Å². The number of hydrogen-bond donors (Lipinski definition) is 0. The lowest BCUT2D eigenvalue weighted by atomic mass is 10.2. The molecule has 2 rings (SSSR count). The number of ether oxygens (including phenoxy) is 2. The van der Waals surface area contributed by atoms with E-state index in [4.69, 9.17) is 9.47 Å². The molecule has 104 valence electrons. The minimum absolute atomic E-state index is 0.218. The second-order valence-corrected chi connectivity index (χ2v) is 3.87. The molecule has 0 aliphatic heterocycles. The molecule has 2 aromatic rings. The molecule has 1 heterocycles. The van der Waals surface area contributed by atoms with Gasteiger partial charge in [0.2, 0.25) is 12.4 Å². The molecule has 0 bridgehead atoms. The van der Waals surface area contributed by atoms with Crippen molar-refractivity contribution in [2.75, 3.05) is 19.1 Å². The van der Waals surface area contributed by atoms with E-state index in [0.29, 0.717) is 5.56 Å². The van der Waals surface area contributed by atoms with Crippen LogP contribution in [-0.2, 0) is 9.47 Å². The summed E-state index contributed by atoms with van der Waals surface area (Å²) in [5, 5.41) is 0. The number of carbonyl (C=O) groups is 1. The first kappa shape index (κ1) is 14.1.